The van der Waals surface area contributed by atoms with Crippen LogP contribution < -0.4 is 16.0 Å². The van der Waals surface area contributed by atoms with Crippen molar-refractivity contribution in [3.8, 4) is 0 Å². The van der Waals surface area contributed by atoms with E-state index in [2.05, 4.69) is 51.4 Å². The molecule has 1 aromatic heterocycles. The van der Waals surface area contributed by atoms with Crippen molar-refractivity contribution in [1.82, 2.24) is 14.8 Å². The van der Waals surface area contributed by atoms with Crippen molar-refractivity contribution in [2.24, 2.45) is 0 Å². The lowest BCUT2D eigenvalue weighted by molar-refractivity contribution is -0.145. The van der Waals surface area contributed by atoms with Crippen molar-refractivity contribution >= 4 is 29.0 Å². The molecule has 0 radical (unpaired) electrons. The lowest BCUT2D eigenvalue weighted by Gasteiger charge is -2.36. The maximum Gasteiger partial charge on any atom is 0.313 e. The van der Waals surface area contributed by atoms with E-state index in [1.807, 2.05) is 6.92 Å². The van der Waals surface area contributed by atoms with Gasteiger partial charge >= 0.3 is 11.8 Å². The molecule has 1 aromatic carbocycles. The first kappa shape index (κ1) is 22.1. The monoisotopic (exact) mass is 436 g/mol. The number of hydrogen-bond acceptors (Lipinski definition) is 6. The van der Waals surface area contributed by atoms with Gasteiger partial charge in [0.2, 0.25) is 0 Å². The number of nitrogen functional groups attached to an aromatic ring is 1. The van der Waals surface area contributed by atoms with Gasteiger partial charge < -0.3 is 25.8 Å². The number of hydrogen-bond donors (Lipinski definition) is 2. The zero-order valence-electron chi connectivity index (χ0n) is 18.9. The quantitative estimate of drug-likeness (QED) is 0.718. The Labute approximate surface area is 189 Å². The number of anilines is 3. The van der Waals surface area contributed by atoms with Crippen LogP contribution in [0.4, 0.5) is 17.2 Å². The van der Waals surface area contributed by atoms with E-state index in [-0.39, 0.29) is 6.04 Å². The third-order valence-electron chi connectivity index (χ3n) is 6.48. The predicted molar refractivity (Wildman–Crippen MR) is 126 cm³/mol. The summed E-state index contributed by atoms with van der Waals surface area (Å²) in [4.78, 5) is 36.2. The van der Waals surface area contributed by atoms with Gasteiger partial charge in [0.15, 0.2) is 0 Å². The molecular weight excluding hydrogens is 404 g/mol. The van der Waals surface area contributed by atoms with Gasteiger partial charge in [-0.05, 0) is 62.6 Å². The highest BCUT2D eigenvalue weighted by atomic mass is 16.2. The van der Waals surface area contributed by atoms with Crippen molar-refractivity contribution in [3.05, 3.63) is 47.7 Å². The predicted octanol–water partition coefficient (Wildman–Crippen LogP) is 2.42. The van der Waals surface area contributed by atoms with E-state index in [0.29, 0.717) is 18.1 Å². The number of nitrogens with one attached hydrogen (secondary N) is 1. The Morgan fingerprint density at radius 2 is 1.78 bits per heavy atom. The van der Waals surface area contributed by atoms with Crippen molar-refractivity contribution < 1.29 is 9.59 Å². The highest BCUT2D eigenvalue weighted by Gasteiger charge is 2.32. The second-order valence-electron chi connectivity index (χ2n) is 8.77. The number of likely N-dealkylation sites (N-methyl/N-ethyl adjacent to an activating group) is 1. The SMILES string of the molecule is Cc1cc(NC(=O)C(=O)N2CCCC[C@H]2c2ccc(N3CCN(C)CC3)cc2)cnc1N. The highest BCUT2D eigenvalue weighted by Crippen LogP contribution is 2.32. The Bertz CT molecular complexity index is 969. The Kier molecular flexibility index (Phi) is 6.60. The third-order valence-corrected chi connectivity index (χ3v) is 6.48. The van der Waals surface area contributed by atoms with Gasteiger partial charge in [0.05, 0.1) is 17.9 Å². The number of aromatic nitrogens is 1. The molecule has 0 saturated carbocycles. The normalized spacial score (nSPS) is 19.6. The first-order valence-electron chi connectivity index (χ1n) is 11.3. The molecule has 8 nitrogen and oxygen atoms in total. The fourth-order valence-corrected chi connectivity index (χ4v) is 4.46. The van der Waals surface area contributed by atoms with E-state index in [1.54, 1.807) is 11.0 Å². The number of rotatable bonds is 3. The summed E-state index contributed by atoms with van der Waals surface area (Å²) in [6.45, 7) is 6.55. The molecule has 0 bridgehead atoms. The maximum absolute atomic E-state index is 13.0. The Hall–Kier alpha value is -3.13. The number of carbonyl (C=O) groups excluding carboxylic acids is 2. The maximum atomic E-state index is 13.0. The lowest BCUT2D eigenvalue weighted by atomic mass is 9.94. The van der Waals surface area contributed by atoms with E-state index >= 15 is 0 Å². The summed E-state index contributed by atoms with van der Waals surface area (Å²) >= 11 is 0. The number of nitrogens with zero attached hydrogens (tertiary/aromatic N) is 4. The molecule has 0 aliphatic carbocycles. The van der Waals surface area contributed by atoms with Crippen molar-refractivity contribution in [2.75, 3.05) is 55.7 Å². The molecule has 8 heteroatoms. The van der Waals surface area contributed by atoms with Crippen LogP contribution in [0.25, 0.3) is 0 Å². The molecule has 2 amide bonds. The minimum atomic E-state index is -0.642. The third kappa shape index (κ3) is 4.85. The van der Waals surface area contributed by atoms with Crippen LogP contribution in [0.15, 0.2) is 36.5 Å². The van der Waals surface area contributed by atoms with E-state index in [0.717, 1.165) is 56.6 Å². The van der Waals surface area contributed by atoms with Gasteiger partial charge in [0.1, 0.15) is 5.82 Å². The number of carbonyl (C=O) groups is 2. The van der Waals surface area contributed by atoms with Crippen molar-refractivity contribution in [3.63, 3.8) is 0 Å². The molecule has 170 valence electrons. The van der Waals surface area contributed by atoms with Crippen molar-refractivity contribution in [1.29, 1.82) is 0 Å². The minimum absolute atomic E-state index is 0.0881. The summed E-state index contributed by atoms with van der Waals surface area (Å²) in [5, 5.41) is 2.68. The van der Waals surface area contributed by atoms with E-state index in [4.69, 9.17) is 5.73 Å². The van der Waals surface area contributed by atoms with E-state index in [9.17, 15) is 9.59 Å². The lowest BCUT2D eigenvalue weighted by Crippen LogP contribution is -2.45. The minimum Gasteiger partial charge on any atom is -0.383 e. The first-order valence-corrected chi connectivity index (χ1v) is 11.3. The van der Waals surface area contributed by atoms with Crippen LogP contribution in [0.5, 0.6) is 0 Å². The fraction of sp³-hybridized carbons (Fsp3) is 0.458. The van der Waals surface area contributed by atoms with Crippen LogP contribution in [0, 0.1) is 6.92 Å². The molecule has 1 atom stereocenters. The largest absolute Gasteiger partial charge is 0.383 e. The number of benzene rings is 1. The van der Waals surface area contributed by atoms with Gasteiger partial charge in [-0.15, -0.1) is 0 Å². The number of aryl methyl sites for hydroxylation is 1. The molecule has 0 unspecified atom stereocenters. The molecule has 3 heterocycles. The number of nitrogens with two attached hydrogens (primary N) is 1. The van der Waals surface area contributed by atoms with Gasteiger partial charge in [0.25, 0.3) is 0 Å². The molecule has 2 fully saturated rings. The second kappa shape index (κ2) is 9.56. The first-order chi connectivity index (χ1) is 15.4. The van der Waals surface area contributed by atoms with Crippen LogP contribution in [-0.4, -0.2) is 66.4 Å². The van der Waals surface area contributed by atoms with E-state index < -0.39 is 11.8 Å². The second-order valence-corrected chi connectivity index (χ2v) is 8.77. The Balaban J connectivity index is 1.45. The van der Waals surface area contributed by atoms with Crippen LogP contribution >= 0.6 is 0 Å². The van der Waals surface area contributed by atoms with Crippen LogP contribution in [-0.2, 0) is 9.59 Å². The molecular formula is C24H32N6O2. The average Bonchev–Trinajstić information content (AvgIpc) is 2.81. The molecule has 2 saturated heterocycles. The van der Waals surface area contributed by atoms with Crippen LogP contribution in [0.3, 0.4) is 0 Å². The fourth-order valence-electron chi connectivity index (χ4n) is 4.46. The summed E-state index contributed by atoms with van der Waals surface area (Å²) in [6, 6.07) is 10.1. The summed E-state index contributed by atoms with van der Waals surface area (Å²) < 4.78 is 0. The highest BCUT2D eigenvalue weighted by molar-refractivity contribution is 6.39. The van der Waals surface area contributed by atoms with Gasteiger partial charge in [-0.3, -0.25) is 9.59 Å². The number of amides is 2. The van der Waals surface area contributed by atoms with Crippen LogP contribution in [0.2, 0.25) is 0 Å². The van der Waals surface area contributed by atoms with E-state index in [1.165, 1.54) is 11.9 Å². The number of pyridine rings is 1. The number of piperazine rings is 1. The molecule has 2 aromatic rings. The molecule has 2 aliphatic rings. The Morgan fingerprint density at radius 1 is 1.06 bits per heavy atom. The molecule has 32 heavy (non-hydrogen) atoms. The number of likely N-dealkylation sites (tertiary alicyclic amines) is 1. The zero-order chi connectivity index (χ0) is 22.7. The molecule has 4 rings (SSSR count). The van der Waals surface area contributed by atoms with Crippen LogP contribution in [0.1, 0.15) is 36.4 Å². The summed E-state index contributed by atoms with van der Waals surface area (Å²) in [5.41, 5.74) is 9.25. The molecule has 0 spiro atoms. The van der Waals surface area contributed by atoms with Crippen molar-refractivity contribution in [2.45, 2.75) is 32.2 Å². The summed E-state index contributed by atoms with van der Waals surface area (Å²) in [5.74, 6) is -0.741. The Morgan fingerprint density at radius 3 is 2.47 bits per heavy atom. The van der Waals surface area contributed by atoms with Gasteiger partial charge in [-0.2, -0.15) is 0 Å². The van der Waals surface area contributed by atoms with Gasteiger partial charge in [0, 0.05) is 38.4 Å². The topological polar surface area (TPSA) is 94.8 Å². The average molecular weight is 437 g/mol. The van der Waals surface area contributed by atoms with Gasteiger partial charge in [-0.25, -0.2) is 4.98 Å². The summed E-state index contributed by atoms with van der Waals surface area (Å²) in [7, 11) is 2.15. The standard InChI is InChI=1S/C24H32N6O2/c1-17-15-19(16-26-22(17)25)27-23(31)24(32)30-10-4-3-5-21(30)18-6-8-20(9-7-18)29-13-11-28(2)12-14-29/h6-9,15-16,21H,3-5,10-14H2,1-2H3,(H2,25,26)(H,27,31)/t21-/m0/s1. The molecule has 3 N–H and O–H groups in total. The summed E-state index contributed by atoms with van der Waals surface area (Å²) in [6.07, 6.45) is 4.27. The van der Waals surface area contributed by atoms with Gasteiger partial charge in [-0.1, -0.05) is 12.1 Å². The zero-order valence-corrected chi connectivity index (χ0v) is 18.9. The molecule has 2 aliphatic heterocycles. The number of piperidine rings is 1. The smallest absolute Gasteiger partial charge is 0.313 e.